The molecule has 3 aromatic rings. The Balaban J connectivity index is 0.000000261. The first-order valence-electron chi connectivity index (χ1n) is 8.51. The number of nitrogens with two attached hydrogens (primary N) is 1. The third-order valence-corrected chi connectivity index (χ3v) is 4.88. The molecule has 28 heavy (non-hydrogen) atoms. The van der Waals surface area contributed by atoms with E-state index in [4.69, 9.17) is 15.4 Å². The van der Waals surface area contributed by atoms with Gasteiger partial charge in [0.2, 0.25) is 5.89 Å². The molecular formula is C20H21FN4O2S. The van der Waals surface area contributed by atoms with E-state index >= 15 is 0 Å². The van der Waals surface area contributed by atoms with Crippen molar-refractivity contribution in [1.82, 2.24) is 10.2 Å². The number of H-pyrrole nitrogens is 1. The lowest BCUT2D eigenvalue weighted by Gasteiger charge is -2.20. The summed E-state index contributed by atoms with van der Waals surface area (Å²) in [5.41, 5.74) is 8.97. The Morgan fingerprint density at radius 1 is 1.29 bits per heavy atom. The van der Waals surface area contributed by atoms with Crippen molar-refractivity contribution in [2.45, 2.75) is 37.6 Å². The topological polar surface area (TPSA) is 109 Å². The Labute approximate surface area is 167 Å². The molecule has 0 bridgehead atoms. The van der Waals surface area contributed by atoms with Gasteiger partial charge in [0, 0.05) is 10.8 Å². The summed E-state index contributed by atoms with van der Waals surface area (Å²) in [5.74, 6) is -1.26. The van der Waals surface area contributed by atoms with Crippen molar-refractivity contribution in [1.29, 1.82) is 5.26 Å². The second-order valence-electron chi connectivity index (χ2n) is 6.30. The Hall–Kier alpha value is -2.89. The fourth-order valence-corrected chi connectivity index (χ4v) is 2.92. The molecule has 0 fully saturated rings. The van der Waals surface area contributed by atoms with Crippen molar-refractivity contribution in [3.05, 3.63) is 80.9 Å². The van der Waals surface area contributed by atoms with Crippen LogP contribution in [-0.4, -0.2) is 10.2 Å². The van der Waals surface area contributed by atoms with Crippen LogP contribution in [0.1, 0.15) is 47.0 Å². The van der Waals surface area contributed by atoms with E-state index in [-0.39, 0.29) is 17.6 Å². The highest BCUT2D eigenvalue weighted by Crippen LogP contribution is 2.32. The van der Waals surface area contributed by atoms with Gasteiger partial charge in [-0.15, -0.1) is 17.7 Å². The number of nitrogens with zero attached hydrogens (tertiary/aromatic N) is 2. The average molecular weight is 400 g/mol. The van der Waals surface area contributed by atoms with Crippen molar-refractivity contribution >= 4 is 12.6 Å². The van der Waals surface area contributed by atoms with E-state index in [0.717, 1.165) is 16.0 Å². The van der Waals surface area contributed by atoms with Crippen LogP contribution in [0.3, 0.4) is 0 Å². The molecule has 146 valence electrons. The minimum absolute atomic E-state index is 0.0813. The number of aryl methyl sites for hydroxylation is 1. The first-order valence-corrected chi connectivity index (χ1v) is 8.95. The predicted molar refractivity (Wildman–Crippen MR) is 107 cm³/mol. The Morgan fingerprint density at radius 2 is 1.96 bits per heavy atom. The Morgan fingerprint density at radius 3 is 2.50 bits per heavy atom. The number of thiol groups is 1. The van der Waals surface area contributed by atoms with E-state index in [2.05, 4.69) is 22.8 Å². The van der Waals surface area contributed by atoms with Crippen LogP contribution in [0, 0.1) is 31.0 Å². The maximum absolute atomic E-state index is 14.0. The van der Waals surface area contributed by atoms with Crippen molar-refractivity contribution in [2.24, 2.45) is 5.73 Å². The summed E-state index contributed by atoms with van der Waals surface area (Å²) in [6.45, 7) is 5.53. The fourth-order valence-electron chi connectivity index (χ4n) is 2.71. The summed E-state index contributed by atoms with van der Waals surface area (Å²) in [4.78, 5) is 11.7. The standard InChI is InChI=1S/C13H16FN3O2.C7H5NS/c1-6-4-5-9(14)10(7(6)2)8(3)11(15)12-16-17-13(18)19-12;8-5-6-3-1-2-4-7(6)9/h4-5,8,11H,15H2,1-3H3,(H,17,18);1-4,9H. The molecule has 2 unspecified atom stereocenters. The van der Waals surface area contributed by atoms with Crippen LogP contribution in [-0.2, 0) is 0 Å². The highest BCUT2D eigenvalue weighted by atomic mass is 32.1. The Bertz CT molecular complexity index is 1050. The van der Waals surface area contributed by atoms with E-state index in [1.54, 1.807) is 25.1 Å². The quantitative estimate of drug-likeness (QED) is 0.580. The van der Waals surface area contributed by atoms with Crippen molar-refractivity contribution < 1.29 is 8.81 Å². The highest BCUT2D eigenvalue weighted by molar-refractivity contribution is 7.80. The van der Waals surface area contributed by atoms with Crippen LogP contribution in [0.25, 0.3) is 0 Å². The number of benzene rings is 2. The van der Waals surface area contributed by atoms with Gasteiger partial charge in [-0.1, -0.05) is 25.1 Å². The molecule has 2 aromatic carbocycles. The lowest BCUT2D eigenvalue weighted by molar-refractivity contribution is 0.396. The molecule has 0 spiro atoms. The number of rotatable bonds is 3. The summed E-state index contributed by atoms with van der Waals surface area (Å²) in [6.07, 6.45) is 0. The number of aromatic nitrogens is 2. The lowest BCUT2D eigenvalue weighted by Crippen LogP contribution is -2.20. The van der Waals surface area contributed by atoms with Crippen LogP contribution < -0.4 is 11.5 Å². The monoisotopic (exact) mass is 400 g/mol. The molecule has 0 aliphatic carbocycles. The molecule has 8 heteroatoms. The molecule has 0 aliphatic heterocycles. The summed E-state index contributed by atoms with van der Waals surface area (Å²) < 4.78 is 18.8. The van der Waals surface area contributed by atoms with Gasteiger partial charge in [0.05, 0.1) is 11.6 Å². The van der Waals surface area contributed by atoms with Gasteiger partial charge in [0.25, 0.3) is 0 Å². The van der Waals surface area contributed by atoms with Gasteiger partial charge < -0.3 is 10.2 Å². The van der Waals surface area contributed by atoms with E-state index in [9.17, 15) is 9.18 Å². The highest BCUT2D eigenvalue weighted by Gasteiger charge is 2.25. The van der Waals surface area contributed by atoms with E-state index in [0.29, 0.717) is 11.1 Å². The normalized spacial score (nSPS) is 12.5. The van der Waals surface area contributed by atoms with Gasteiger partial charge in [-0.05, 0) is 48.7 Å². The molecule has 0 saturated heterocycles. The molecule has 2 atom stereocenters. The van der Waals surface area contributed by atoms with Gasteiger partial charge in [0.1, 0.15) is 11.9 Å². The van der Waals surface area contributed by atoms with Crippen LogP contribution in [0.15, 0.2) is 50.5 Å². The molecule has 3 N–H and O–H groups in total. The number of hydrogen-bond donors (Lipinski definition) is 3. The third kappa shape index (κ3) is 4.88. The van der Waals surface area contributed by atoms with Gasteiger partial charge in [-0.25, -0.2) is 14.3 Å². The zero-order valence-corrected chi connectivity index (χ0v) is 16.6. The van der Waals surface area contributed by atoms with Crippen LogP contribution in [0.2, 0.25) is 0 Å². The van der Waals surface area contributed by atoms with Crippen molar-refractivity contribution in [3.63, 3.8) is 0 Å². The minimum Gasteiger partial charge on any atom is -0.391 e. The number of hydrogen-bond acceptors (Lipinski definition) is 6. The molecule has 6 nitrogen and oxygen atoms in total. The maximum Gasteiger partial charge on any atom is 0.434 e. The molecule has 0 amide bonds. The van der Waals surface area contributed by atoms with Crippen LogP contribution in [0.5, 0.6) is 0 Å². The first-order chi connectivity index (χ1) is 13.3. The molecule has 0 saturated carbocycles. The van der Waals surface area contributed by atoms with Crippen molar-refractivity contribution in [2.75, 3.05) is 0 Å². The number of nitrogens with one attached hydrogen (secondary N) is 1. The van der Waals surface area contributed by atoms with E-state index < -0.39 is 11.8 Å². The number of halogens is 1. The average Bonchev–Trinajstić information content (AvgIpc) is 3.11. The van der Waals surface area contributed by atoms with E-state index in [1.165, 1.54) is 6.07 Å². The van der Waals surface area contributed by atoms with Gasteiger partial charge in [0.15, 0.2) is 0 Å². The lowest BCUT2D eigenvalue weighted by atomic mass is 9.88. The summed E-state index contributed by atoms with van der Waals surface area (Å²) in [7, 11) is 0. The molecule has 1 heterocycles. The SMILES string of the molecule is Cc1ccc(F)c(C(C)C(N)c2n[nH]c(=O)o2)c1C.N#Cc1ccccc1S. The third-order valence-electron chi connectivity index (χ3n) is 4.49. The first kappa shape index (κ1) is 21.4. The zero-order valence-electron chi connectivity index (χ0n) is 15.7. The second kappa shape index (κ2) is 9.35. The van der Waals surface area contributed by atoms with Gasteiger partial charge in [-0.2, -0.15) is 5.26 Å². The molecule has 0 aliphatic rings. The van der Waals surface area contributed by atoms with Crippen LogP contribution in [0.4, 0.5) is 4.39 Å². The summed E-state index contributed by atoms with van der Waals surface area (Å²) in [5, 5.41) is 14.3. The van der Waals surface area contributed by atoms with Crippen molar-refractivity contribution in [3.8, 4) is 6.07 Å². The van der Waals surface area contributed by atoms with Crippen LogP contribution >= 0.6 is 12.6 Å². The maximum atomic E-state index is 14.0. The number of nitriles is 1. The second-order valence-corrected chi connectivity index (χ2v) is 6.78. The summed E-state index contributed by atoms with van der Waals surface area (Å²) >= 11 is 4.06. The fraction of sp³-hybridized carbons (Fsp3) is 0.250. The summed E-state index contributed by atoms with van der Waals surface area (Å²) in [6, 6.07) is 11.7. The zero-order chi connectivity index (χ0) is 20.8. The largest absolute Gasteiger partial charge is 0.434 e. The predicted octanol–water partition coefficient (Wildman–Crippen LogP) is 3.77. The van der Waals surface area contributed by atoms with E-state index in [1.807, 2.05) is 32.0 Å². The van der Waals surface area contributed by atoms with Gasteiger partial charge in [-0.3, -0.25) is 0 Å². The number of aromatic amines is 1. The smallest absolute Gasteiger partial charge is 0.391 e. The molecule has 0 radical (unpaired) electrons. The molecule has 1 aromatic heterocycles. The minimum atomic E-state index is -0.686. The Kier molecular flexibility index (Phi) is 7.15. The molecule has 3 rings (SSSR count). The molecular weight excluding hydrogens is 379 g/mol. The van der Waals surface area contributed by atoms with Gasteiger partial charge >= 0.3 is 5.76 Å².